The number of benzene rings is 2. The fourth-order valence-electron chi connectivity index (χ4n) is 9.19. The zero-order valence-electron chi connectivity index (χ0n) is 45.5. The summed E-state index contributed by atoms with van der Waals surface area (Å²) in [4.78, 5) is 60.1. The number of nitrogens with zero attached hydrogens (tertiary/aromatic N) is 6. The number of amides is 3. The normalized spacial score (nSPS) is 18.3. The van der Waals surface area contributed by atoms with Gasteiger partial charge in [-0.2, -0.15) is 0 Å². The Bertz CT molecular complexity index is 2490. The van der Waals surface area contributed by atoms with Gasteiger partial charge in [0, 0.05) is 100.0 Å². The molecule has 5 heterocycles. The number of hydrogen-bond donors (Lipinski definition) is 1. The molecular weight excluding hydrogens is 1010 g/mol. The van der Waals surface area contributed by atoms with Crippen LogP contribution in [0.3, 0.4) is 0 Å². The van der Waals surface area contributed by atoms with Gasteiger partial charge in [-0.05, 0) is 59.1 Å². The average molecular weight is 1090 g/mol. The van der Waals surface area contributed by atoms with E-state index in [9.17, 15) is 14.4 Å². The van der Waals surface area contributed by atoms with E-state index in [1.807, 2.05) is 59.0 Å². The molecule has 0 spiro atoms. The van der Waals surface area contributed by atoms with Crippen LogP contribution in [0.4, 0.5) is 11.4 Å². The summed E-state index contributed by atoms with van der Waals surface area (Å²) in [6.45, 7) is 16.6. The maximum atomic E-state index is 13.8. The Kier molecular flexibility index (Phi) is 21.5. The highest BCUT2D eigenvalue weighted by Gasteiger charge is 2.36. The van der Waals surface area contributed by atoms with Crippen LogP contribution in [-0.2, 0) is 32.2 Å². The van der Waals surface area contributed by atoms with Gasteiger partial charge in [0.05, 0.1) is 93.2 Å². The van der Waals surface area contributed by atoms with Crippen LogP contribution >= 0.6 is 21.6 Å². The molecule has 1 N–H and O–H groups in total. The van der Waals surface area contributed by atoms with Crippen LogP contribution in [0.25, 0.3) is 0 Å². The topological polar surface area (TPSA) is 184 Å². The largest absolute Gasteiger partial charge is 0.493 e. The van der Waals surface area contributed by atoms with Crippen LogP contribution in [0, 0.1) is 0 Å². The van der Waals surface area contributed by atoms with Crippen molar-refractivity contribution in [2.24, 2.45) is 9.98 Å². The van der Waals surface area contributed by atoms with Gasteiger partial charge in [0.15, 0.2) is 23.0 Å². The summed E-state index contributed by atoms with van der Waals surface area (Å²) in [7, 11) is 10.0. The molecule has 0 bridgehead atoms. The second kappa shape index (κ2) is 28.1. The minimum Gasteiger partial charge on any atom is -0.493 e. The quantitative estimate of drug-likeness (QED) is 0.0397. The minimum atomic E-state index is -0.148. The number of nitrogens with one attached hydrogen (secondary N) is 1. The number of carbonyl (C=O) groups excluding carboxylic acids is 3. The minimum absolute atomic E-state index is 0.0191. The third kappa shape index (κ3) is 15.7. The first kappa shape index (κ1) is 58.1. The summed E-state index contributed by atoms with van der Waals surface area (Å²) < 4.78 is 47.6. The van der Waals surface area contributed by atoms with E-state index >= 15 is 0 Å². The summed E-state index contributed by atoms with van der Waals surface area (Å²) in [5, 5.41) is 3.01. The lowest BCUT2D eigenvalue weighted by molar-refractivity contribution is -0.120. The summed E-state index contributed by atoms with van der Waals surface area (Å²) in [5.41, 5.74) is 5.39. The number of rotatable bonds is 29. The molecular formula is C56H75N7O11S2. The smallest absolute Gasteiger partial charge is 0.257 e. The number of aromatic nitrogens is 1. The van der Waals surface area contributed by atoms with E-state index in [0.717, 1.165) is 25.8 Å². The number of methoxy groups -OCH3 is 3. The maximum Gasteiger partial charge on any atom is 0.257 e. The van der Waals surface area contributed by atoms with Crippen molar-refractivity contribution in [3.8, 4) is 28.7 Å². The molecule has 0 aliphatic carbocycles. The lowest BCUT2D eigenvalue weighted by atomic mass is 10.1. The van der Waals surface area contributed by atoms with Crippen LogP contribution in [0.2, 0.25) is 0 Å². The van der Waals surface area contributed by atoms with Crippen LogP contribution < -0.4 is 29.0 Å². The van der Waals surface area contributed by atoms with Gasteiger partial charge < -0.3 is 53.0 Å². The van der Waals surface area contributed by atoms with Crippen molar-refractivity contribution in [2.45, 2.75) is 95.6 Å². The first-order chi connectivity index (χ1) is 36.7. The van der Waals surface area contributed by atoms with Crippen LogP contribution in [0.5, 0.6) is 28.7 Å². The molecule has 3 amide bonds. The van der Waals surface area contributed by atoms with Crippen LogP contribution in [0.15, 0.2) is 69.7 Å². The predicted octanol–water partition coefficient (Wildman–Crippen LogP) is 8.45. The highest BCUT2D eigenvalue weighted by Crippen LogP contribution is 2.42. The Morgan fingerprint density at radius 3 is 1.79 bits per heavy atom. The third-order valence-corrected chi connectivity index (χ3v) is 17.3. The number of hydrogen-bond acceptors (Lipinski definition) is 17. The van der Waals surface area contributed by atoms with Crippen molar-refractivity contribution in [2.75, 3.05) is 101 Å². The van der Waals surface area contributed by atoms with Gasteiger partial charge >= 0.3 is 0 Å². The number of carbonyl (C=O) groups is 3. The van der Waals surface area contributed by atoms with Crippen molar-refractivity contribution in [3.05, 3.63) is 82.2 Å². The Balaban J connectivity index is 1.10. The lowest BCUT2D eigenvalue weighted by Gasteiger charge is -2.32. The molecule has 2 fully saturated rings. The van der Waals surface area contributed by atoms with Gasteiger partial charge in [-0.25, -0.2) is 0 Å². The molecule has 3 atom stereocenters. The molecule has 20 heteroatoms. The zero-order valence-corrected chi connectivity index (χ0v) is 47.1. The van der Waals surface area contributed by atoms with Crippen LogP contribution in [-0.4, -0.2) is 173 Å². The highest BCUT2D eigenvalue weighted by molar-refractivity contribution is 8.77. The maximum absolute atomic E-state index is 13.8. The average Bonchev–Trinajstić information content (AvgIpc) is 4.00. The van der Waals surface area contributed by atoms with E-state index < -0.39 is 0 Å². The molecule has 76 heavy (non-hydrogen) atoms. The monoisotopic (exact) mass is 1090 g/mol. The second-order valence-electron chi connectivity index (χ2n) is 19.6. The Hall–Kier alpha value is -5.64. The number of ether oxygens (including phenoxy) is 8. The Morgan fingerprint density at radius 2 is 1.28 bits per heavy atom. The number of pyridine rings is 1. The first-order valence-corrected chi connectivity index (χ1v) is 28.2. The first-order valence-electron chi connectivity index (χ1n) is 26.0. The summed E-state index contributed by atoms with van der Waals surface area (Å²) >= 11 is 0. The molecule has 2 saturated heterocycles. The molecule has 0 radical (unpaired) electrons. The summed E-state index contributed by atoms with van der Waals surface area (Å²) in [6, 6.07) is 10.3. The molecule has 18 nitrogen and oxygen atoms in total. The van der Waals surface area contributed by atoms with E-state index in [1.54, 1.807) is 63.4 Å². The third-order valence-electron chi connectivity index (χ3n) is 13.4. The summed E-state index contributed by atoms with van der Waals surface area (Å²) in [6.07, 6.45) is 10.6. The standard InChI is InChI=1S/C56H75N7O11S2/c1-10-38-22-42-30-58-47-28-51(49(68-8)26-45(47)54(65)62(42)32-38)73-34-40-24-44(25-41(60-40)35-74-52-29-48-46(27-50(52)69-9)55(66)63-33-39(11-2)23-43(63)31-59-48)72-17-15-61(14-16-70-20-21-71-19-18-67-7)36-56(4,5)76-75-37(3)12-13-53(64)57-6/h10-11,24-31,37,42-43H,12-23,32-36H2,1-9H3,(H,57,64)/b38-10+,39-11+/t37?,42-,43-/m0/s1. The number of aliphatic imine (C=N–C) groups is 2. The van der Waals surface area contributed by atoms with E-state index in [2.05, 4.69) is 43.1 Å². The van der Waals surface area contributed by atoms with Crippen LogP contribution in [0.1, 0.15) is 92.4 Å². The second-order valence-corrected chi connectivity index (χ2v) is 22.9. The molecule has 4 aliphatic heterocycles. The lowest BCUT2D eigenvalue weighted by Crippen LogP contribution is -2.40. The van der Waals surface area contributed by atoms with E-state index in [-0.39, 0.29) is 47.8 Å². The van der Waals surface area contributed by atoms with Crippen molar-refractivity contribution in [1.29, 1.82) is 0 Å². The summed E-state index contributed by atoms with van der Waals surface area (Å²) in [5.74, 6) is 1.97. The van der Waals surface area contributed by atoms with E-state index in [0.29, 0.717) is 140 Å². The number of allylic oxidation sites excluding steroid dienone is 2. The van der Waals surface area contributed by atoms with Gasteiger partial charge in [-0.1, -0.05) is 51.8 Å². The fraction of sp³-hybridized carbons (Fsp3) is 0.536. The molecule has 7 rings (SSSR count). The molecule has 1 aromatic heterocycles. The highest BCUT2D eigenvalue weighted by atomic mass is 33.1. The van der Waals surface area contributed by atoms with Crippen molar-refractivity contribution < 1.29 is 52.3 Å². The van der Waals surface area contributed by atoms with E-state index in [4.69, 9.17) is 52.9 Å². The van der Waals surface area contributed by atoms with Gasteiger partial charge in [0.2, 0.25) is 5.91 Å². The molecule has 2 aromatic carbocycles. The van der Waals surface area contributed by atoms with Crippen molar-refractivity contribution in [3.63, 3.8) is 0 Å². The SMILES string of the molecule is C/C=C1\C[C@H]2C=Nc3cc(OCc4cc(OCCN(CCOCCOCCOC)CC(C)(C)SSC(C)CCC(=O)NC)cc(COc5cc6c(cc5OC)C(=O)N5C/C(=C/C)C[C@H]5C=N6)n4)c(OC)cc3C(=O)N2C1. The zero-order chi connectivity index (χ0) is 54.2. The van der Waals surface area contributed by atoms with Crippen molar-refractivity contribution in [1.82, 2.24) is 25.0 Å². The van der Waals surface area contributed by atoms with Crippen molar-refractivity contribution >= 4 is 63.1 Å². The molecule has 412 valence electrons. The Labute approximate surface area is 455 Å². The van der Waals surface area contributed by atoms with E-state index in [1.165, 1.54) is 11.1 Å². The van der Waals surface area contributed by atoms with Gasteiger partial charge in [0.1, 0.15) is 25.6 Å². The Morgan fingerprint density at radius 1 is 0.750 bits per heavy atom. The predicted molar refractivity (Wildman–Crippen MR) is 299 cm³/mol. The van der Waals surface area contributed by atoms with Gasteiger partial charge in [-0.15, -0.1) is 0 Å². The molecule has 0 saturated carbocycles. The molecule has 1 unspecified atom stereocenters. The number of fused-ring (bicyclic) bond motifs is 4. The fourth-order valence-corrected chi connectivity index (χ4v) is 11.8. The molecule has 3 aromatic rings. The van der Waals surface area contributed by atoms with Gasteiger partial charge in [0.25, 0.3) is 11.8 Å². The molecule has 4 aliphatic rings. The van der Waals surface area contributed by atoms with Gasteiger partial charge in [-0.3, -0.25) is 34.3 Å².